The smallest absolute Gasteiger partial charge is 0.223 e. The van der Waals surface area contributed by atoms with Crippen molar-refractivity contribution in [3.63, 3.8) is 0 Å². The number of fused-ring (bicyclic) bond motifs is 1. The van der Waals surface area contributed by atoms with Crippen molar-refractivity contribution in [2.45, 2.75) is 38.3 Å². The molecule has 6 heteroatoms. The molecule has 0 amide bonds. The zero-order valence-corrected chi connectivity index (χ0v) is 11.3. The largest absolute Gasteiger partial charge is 0.619 e. The summed E-state index contributed by atoms with van der Waals surface area (Å²) in [6.07, 6.45) is 11.3. The lowest BCUT2D eigenvalue weighted by molar-refractivity contribution is -0.605. The second-order valence-electron chi connectivity index (χ2n) is 5.58. The minimum Gasteiger partial charge on any atom is -0.619 e. The fourth-order valence-electron chi connectivity index (χ4n) is 3.04. The molecule has 0 bridgehead atoms. The van der Waals surface area contributed by atoms with Crippen molar-refractivity contribution in [3.05, 3.63) is 41.5 Å². The highest BCUT2D eigenvalue weighted by molar-refractivity contribution is 5.38. The Balaban J connectivity index is 1.59. The quantitative estimate of drug-likeness (QED) is 0.608. The van der Waals surface area contributed by atoms with Gasteiger partial charge in [-0.2, -0.15) is 4.73 Å². The van der Waals surface area contributed by atoms with E-state index in [1.807, 2.05) is 6.33 Å². The second kappa shape index (κ2) is 4.47. The highest BCUT2D eigenvalue weighted by Crippen LogP contribution is 2.34. The van der Waals surface area contributed by atoms with Crippen molar-refractivity contribution >= 4 is 5.82 Å². The van der Waals surface area contributed by atoms with Gasteiger partial charge in [0.2, 0.25) is 6.20 Å². The number of anilines is 1. The maximum absolute atomic E-state index is 11.3. The lowest BCUT2D eigenvalue weighted by Gasteiger charge is -2.32. The topological polar surface area (TPSA) is 60.9 Å². The first-order valence-electron chi connectivity index (χ1n) is 7.15. The second-order valence-corrected chi connectivity index (χ2v) is 5.58. The number of hydrogen-bond donors (Lipinski definition) is 0. The molecule has 0 radical (unpaired) electrons. The van der Waals surface area contributed by atoms with Crippen LogP contribution in [0.15, 0.2) is 24.9 Å². The third-order valence-electron chi connectivity index (χ3n) is 4.40. The van der Waals surface area contributed by atoms with Crippen LogP contribution in [-0.4, -0.2) is 21.1 Å². The first kappa shape index (κ1) is 11.7. The average molecular weight is 271 g/mol. The molecule has 0 N–H and O–H groups in total. The molecule has 0 atom stereocenters. The molecule has 4 rings (SSSR count). The van der Waals surface area contributed by atoms with Crippen molar-refractivity contribution in [2.75, 3.05) is 11.4 Å². The van der Waals surface area contributed by atoms with E-state index in [9.17, 15) is 5.21 Å². The summed E-state index contributed by atoms with van der Waals surface area (Å²) in [5, 5.41) is 11.3. The molecule has 2 aromatic rings. The van der Waals surface area contributed by atoms with Crippen LogP contribution in [0.5, 0.6) is 0 Å². The Morgan fingerprint density at radius 1 is 1.30 bits per heavy atom. The normalized spacial score (nSPS) is 18.7. The van der Waals surface area contributed by atoms with Crippen LogP contribution >= 0.6 is 0 Å². The fourth-order valence-corrected chi connectivity index (χ4v) is 3.04. The Bertz CT molecular complexity index is 634. The third-order valence-corrected chi connectivity index (χ3v) is 4.40. The van der Waals surface area contributed by atoms with Gasteiger partial charge in [-0.15, -0.1) is 0 Å². The predicted molar refractivity (Wildman–Crippen MR) is 73.1 cm³/mol. The summed E-state index contributed by atoms with van der Waals surface area (Å²) < 4.78 is 3.16. The molecule has 0 spiro atoms. The van der Waals surface area contributed by atoms with Gasteiger partial charge in [0.1, 0.15) is 0 Å². The summed E-state index contributed by atoms with van der Waals surface area (Å²) in [5.74, 6) is 0.728. The van der Waals surface area contributed by atoms with Gasteiger partial charge in [-0.3, -0.25) is 0 Å². The molecule has 0 unspecified atom stereocenters. The number of rotatable bonds is 2. The maximum Gasteiger partial charge on any atom is 0.223 e. The molecular weight excluding hydrogens is 254 g/mol. The van der Waals surface area contributed by atoms with E-state index in [2.05, 4.69) is 19.4 Å². The first-order chi connectivity index (χ1) is 9.81. The van der Waals surface area contributed by atoms with Crippen molar-refractivity contribution in [3.8, 4) is 0 Å². The molecule has 0 aromatic carbocycles. The Hall–Kier alpha value is -2.11. The molecule has 1 saturated carbocycles. The van der Waals surface area contributed by atoms with Crippen LogP contribution in [0.25, 0.3) is 0 Å². The molecule has 104 valence electrons. The van der Waals surface area contributed by atoms with E-state index in [-0.39, 0.29) is 0 Å². The van der Waals surface area contributed by atoms with Crippen molar-refractivity contribution in [2.24, 2.45) is 0 Å². The van der Waals surface area contributed by atoms with E-state index in [0.717, 1.165) is 35.8 Å². The number of aromatic nitrogens is 4. The Morgan fingerprint density at radius 3 is 2.95 bits per heavy atom. The highest BCUT2D eigenvalue weighted by Gasteiger charge is 2.27. The standard InChI is InChI=1S/C14H17N5O/c20-18-7-5-15-14(9-18)17-6-4-13-12(8-17)16-10-19(13)11-2-1-3-11/h5,7,9-11H,1-4,6,8H2. The van der Waals surface area contributed by atoms with E-state index in [0.29, 0.717) is 6.04 Å². The van der Waals surface area contributed by atoms with Crippen LogP contribution in [0.4, 0.5) is 5.82 Å². The lowest BCUT2D eigenvalue weighted by atomic mass is 9.92. The fraction of sp³-hybridized carbons (Fsp3) is 0.500. The molecule has 2 aliphatic rings. The summed E-state index contributed by atoms with van der Waals surface area (Å²) in [7, 11) is 0. The molecule has 1 fully saturated rings. The van der Waals surface area contributed by atoms with Crippen LogP contribution in [0, 0.1) is 5.21 Å². The van der Waals surface area contributed by atoms with E-state index < -0.39 is 0 Å². The minimum absolute atomic E-state index is 0.663. The summed E-state index contributed by atoms with van der Waals surface area (Å²) in [6.45, 7) is 1.63. The monoisotopic (exact) mass is 271 g/mol. The van der Waals surface area contributed by atoms with Gasteiger partial charge in [0.05, 0.1) is 24.8 Å². The van der Waals surface area contributed by atoms with E-state index in [4.69, 9.17) is 0 Å². The Morgan fingerprint density at radius 2 is 2.20 bits per heavy atom. The van der Waals surface area contributed by atoms with Crippen LogP contribution < -0.4 is 9.63 Å². The van der Waals surface area contributed by atoms with Gasteiger partial charge in [0, 0.05) is 24.7 Å². The van der Waals surface area contributed by atoms with E-state index >= 15 is 0 Å². The van der Waals surface area contributed by atoms with Crippen molar-refractivity contribution in [1.29, 1.82) is 0 Å². The molecule has 2 aromatic heterocycles. The molecule has 3 heterocycles. The van der Waals surface area contributed by atoms with E-state index in [1.54, 1.807) is 6.20 Å². The van der Waals surface area contributed by atoms with Crippen LogP contribution in [0.1, 0.15) is 36.7 Å². The molecule has 1 aliphatic heterocycles. The first-order valence-corrected chi connectivity index (χ1v) is 7.15. The third kappa shape index (κ3) is 1.83. The Labute approximate surface area is 117 Å². The SMILES string of the molecule is [O-][n+]1ccnc(N2CCc3c(ncn3C3CCC3)C2)c1. The van der Waals surface area contributed by atoms with E-state index in [1.165, 1.54) is 37.4 Å². The number of hydrogen-bond acceptors (Lipinski definition) is 4. The molecule has 1 aliphatic carbocycles. The maximum atomic E-state index is 11.3. The van der Waals surface area contributed by atoms with Gasteiger partial charge < -0.3 is 14.7 Å². The Kier molecular flexibility index (Phi) is 2.61. The lowest BCUT2D eigenvalue weighted by Crippen LogP contribution is -2.35. The summed E-state index contributed by atoms with van der Waals surface area (Å²) >= 11 is 0. The molecule has 0 saturated heterocycles. The van der Waals surface area contributed by atoms with Gasteiger partial charge in [0.15, 0.2) is 12.0 Å². The zero-order valence-electron chi connectivity index (χ0n) is 11.3. The molecule has 20 heavy (non-hydrogen) atoms. The predicted octanol–water partition coefficient (Wildman–Crippen LogP) is 1.20. The summed E-state index contributed by atoms with van der Waals surface area (Å²) in [6, 6.07) is 0.663. The molecule has 6 nitrogen and oxygen atoms in total. The van der Waals surface area contributed by atoms with Gasteiger partial charge in [0.25, 0.3) is 0 Å². The van der Waals surface area contributed by atoms with Gasteiger partial charge in [-0.05, 0) is 19.3 Å². The van der Waals surface area contributed by atoms with Gasteiger partial charge in [-0.25, -0.2) is 9.97 Å². The molecular formula is C14H17N5O. The van der Waals surface area contributed by atoms with Crippen molar-refractivity contribution in [1.82, 2.24) is 14.5 Å². The number of imidazole rings is 1. The number of nitrogens with zero attached hydrogens (tertiary/aromatic N) is 5. The summed E-state index contributed by atoms with van der Waals surface area (Å²) in [4.78, 5) is 11.0. The van der Waals surface area contributed by atoms with Gasteiger partial charge in [-0.1, -0.05) is 0 Å². The van der Waals surface area contributed by atoms with Gasteiger partial charge >= 0.3 is 0 Å². The zero-order chi connectivity index (χ0) is 13.5. The summed E-state index contributed by atoms with van der Waals surface area (Å²) in [5.41, 5.74) is 2.50. The average Bonchev–Trinajstić information content (AvgIpc) is 2.80. The van der Waals surface area contributed by atoms with Crippen molar-refractivity contribution < 1.29 is 4.73 Å². The highest BCUT2D eigenvalue weighted by atomic mass is 16.5. The minimum atomic E-state index is 0.663. The van der Waals surface area contributed by atoms with Crippen LogP contribution in [0.2, 0.25) is 0 Å². The van der Waals surface area contributed by atoms with Crippen LogP contribution in [-0.2, 0) is 13.0 Å². The van der Waals surface area contributed by atoms with Crippen LogP contribution in [0.3, 0.4) is 0 Å².